The SMILES string of the molecule is CC1(C)C(=CNOCCC#N)C1C(=O)O. The topological polar surface area (TPSA) is 82.3 Å². The second kappa shape index (κ2) is 4.32. The van der Waals surface area contributed by atoms with Crippen LogP contribution in [0.15, 0.2) is 11.8 Å². The number of nitriles is 1. The van der Waals surface area contributed by atoms with Crippen molar-refractivity contribution in [3.63, 3.8) is 0 Å². The molecule has 15 heavy (non-hydrogen) atoms. The Balaban J connectivity index is 2.37. The van der Waals surface area contributed by atoms with Crippen LogP contribution >= 0.6 is 0 Å². The lowest BCUT2D eigenvalue weighted by atomic mass is 10.1. The highest BCUT2D eigenvalue weighted by Crippen LogP contribution is 2.57. The van der Waals surface area contributed by atoms with Gasteiger partial charge in [0.15, 0.2) is 0 Å². The third kappa shape index (κ3) is 2.48. The molecule has 0 heterocycles. The number of aliphatic carboxylic acids is 1. The Morgan fingerprint density at radius 3 is 2.93 bits per heavy atom. The van der Waals surface area contributed by atoms with E-state index >= 15 is 0 Å². The maximum atomic E-state index is 10.8. The first-order valence-corrected chi connectivity index (χ1v) is 4.69. The van der Waals surface area contributed by atoms with Gasteiger partial charge in [0.05, 0.1) is 25.0 Å². The maximum absolute atomic E-state index is 10.8. The number of carboxylic acids is 1. The van der Waals surface area contributed by atoms with Crippen LogP contribution in [0.2, 0.25) is 0 Å². The number of hydroxylamine groups is 1. The fourth-order valence-electron chi connectivity index (χ4n) is 1.55. The molecule has 0 saturated heterocycles. The van der Waals surface area contributed by atoms with Crippen molar-refractivity contribution >= 4 is 5.97 Å². The quantitative estimate of drug-likeness (QED) is 0.523. The van der Waals surface area contributed by atoms with E-state index in [1.54, 1.807) is 6.20 Å². The number of rotatable bonds is 5. The molecular weight excluding hydrogens is 196 g/mol. The lowest BCUT2D eigenvalue weighted by Crippen LogP contribution is -2.07. The Morgan fingerprint density at radius 2 is 2.47 bits per heavy atom. The molecule has 1 unspecified atom stereocenters. The highest BCUT2D eigenvalue weighted by atomic mass is 16.6. The van der Waals surface area contributed by atoms with Gasteiger partial charge in [0.1, 0.15) is 0 Å². The minimum Gasteiger partial charge on any atom is -0.481 e. The highest BCUT2D eigenvalue weighted by Gasteiger charge is 2.57. The van der Waals surface area contributed by atoms with E-state index in [1.807, 2.05) is 19.9 Å². The fourth-order valence-corrected chi connectivity index (χ4v) is 1.55. The minimum absolute atomic E-state index is 0.290. The third-order valence-corrected chi connectivity index (χ3v) is 2.55. The predicted octanol–water partition coefficient (Wildman–Crippen LogP) is 1.05. The molecule has 0 aromatic heterocycles. The molecule has 0 aromatic carbocycles. The third-order valence-electron chi connectivity index (χ3n) is 2.55. The molecule has 5 nitrogen and oxygen atoms in total. The monoisotopic (exact) mass is 210 g/mol. The van der Waals surface area contributed by atoms with Gasteiger partial charge in [0.2, 0.25) is 0 Å². The molecule has 82 valence electrons. The zero-order valence-corrected chi connectivity index (χ0v) is 8.78. The van der Waals surface area contributed by atoms with Crippen molar-refractivity contribution in [3.8, 4) is 6.07 Å². The fraction of sp³-hybridized carbons (Fsp3) is 0.600. The molecule has 1 aliphatic carbocycles. The average molecular weight is 210 g/mol. The van der Waals surface area contributed by atoms with Crippen molar-refractivity contribution in [2.24, 2.45) is 11.3 Å². The largest absolute Gasteiger partial charge is 0.481 e. The van der Waals surface area contributed by atoms with Crippen LogP contribution in [0.4, 0.5) is 0 Å². The molecular formula is C10H14N2O3. The Kier molecular flexibility index (Phi) is 3.32. The lowest BCUT2D eigenvalue weighted by molar-refractivity contribution is -0.139. The number of nitrogens with zero attached hydrogens (tertiary/aromatic N) is 1. The van der Waals surface area contributed by atoms with E-state index in [2.05, 4.69) is 5.48 Å². The van der Waals surface area contributed by atoms with Gasteiger partial charge >= 0.3 is 5.97 Å². The van der Waals surface area contributed by atoms with Gasteiger partial charge in [-0.25, -0.2) is 0 Å². The van der Waals surface area contributed by atoms with E-state index in [0.717, 1.165) is 5.57 Å². The van der Waals surface area contributed by atoms with Gasteiger partial charge in [-0.2, -0.15) is 5.26 Å². The van der Waals surface area contributed by atoms with Crippen LogP contribution in [0.1, 0.15) is 20.3 Å². The number of carboxylic acid groups (broad SMARTS) is 1. The van der Waals surface area contributed by atoms with Crippen LogP contribution in [-0.4, -0.2) is 17.7 Å². The van der Waals surface area contributed by atoms with Crippen LogP contribution in [-0.2, 0) is 9.63 Å². The zero-order chi connectivity index (χ0) is 11.5. The standard InChI is InChI=1S/C10H14N2O3/c1-10(2)7(8(10)9(13)14)6-12-15-5-3-4-11/h6,8,12H,3,5H2,1-2H3,(H,13,14). The number of carbonyl (C=O) groups is 1. The number of hydrogen-bond donors (Lipinski definition) is 2. The summed E-state index contributed by atoms with van der Waals surface area (Å²) in [4.78, 5) is 15.7. The molecule has 1 rings (SSSR count). The van der Waals surface area contributed by atoms with Crippen molar-refractivity contribution in [2.75, 3.05) is 6.61 Å². The molecule has 0 bridgehead atoms. The van der Waals surface area contributed by atoms with E-state index in [9.17, 15) is 4.79 Å². The van der Waals surface area contributed by atoms with Crippen LogP contribution < -0.4 is 5.48 Å². The predicted molar refractivity (Wildman–Crippen MR) is 52.3 cm³/mol. The molecule has 1 fully saturated rings. The van der Waals surface area contributed by atoms with Gasteiger partial charge in [-0.05, 0) is 5.57 Å². The summed E-state index contributed by atoms with van der Waals surface area (Å²) in [7, 11) is 0. The molecule has 1 atom stereocenters. The summed E-state index contributed by atoms with van der Waals surface area (Å²) in [5.74, 6) is -1.24. The molecule has 2 N–H and O–H groups in total. The summed E-state index contributed by atoms with van der Waals surface area (Å²) in [5, 5.41) is 17.1. The molecule has 0 spiro atoms. The molecule has 0 radical (unpaired) electrons. The second-order valence-corrected chi connectivity index (χ2v) is 3.97. The molecule has 1 saturated carbocycles. The summed E-state index contributed by atoms with van der Waals surface area (Å²) in [5.41, 5.74) is 3.06. The average Bonchev–Trinajstić information content (AvgIpc) is 2.68. The van der Waals surface area contributed by atoms with Gasteiger partial charge in [-0.3, -0.25) is 15.1 Å². The van der Waals surface area contributed by atoms with E-state index in [0.29, 0.717) is 13.0 Å². The summed E-state index contributed by atoms with van der Waals surface area (Å²) in [6.07, 6.45) is 1.87. The second-order valence-electron chi connectivity index (χ2n) is 3.97. The Hall–Kier alpha value is -1.54. The summed E-state index contributed by atoms with van der Waals surface area (Å²) in [6.45, 7) is 4.03. The Morgan fingerprint density at radius 1 is 1.80 bits per heavy atom. The van der Waals surface area contributed by atoms with Crippen LogP contribution in [0.25, 0.3) is 0 Å². The van der Waals surface area contributed by atoms with Crippen molar-refractivity contribution in [1.29, 1.82) is 5.26 Å². The van der Waals surface area contributed by atoms with Gasteiger partial charge in [-0.15, -0.1) is 0 Å². The van der Waals surface area contributed by atoms with Gasteiger partial charge < -0.3 is 5.11 Å². The Bertz CT molecular complexity index is 328. The zero-order valence-electron chi connectivity index (χ0n) is 8.78. The molecule has 0 aliphatic heterocycles. The molecule has 0 amide bonds. The van der Waals surface area contributed by atoms with Crippen LogP contribution in [0, 0.1) is 22.7 Å². The summed E-state index contributed by atoms with van der Waals surface area (Å²) < 4.78 is 0. The number of hydrogen-bond acceptors (Lipinski definition) is 4. The highest BCUT2D eigenvalue weighted by molar-refractivity contribution is 5.82. The minimum atomic E-state index is -0.815. The molecule has 1 aliphatic rings. The first-order valence-electron chi connectivity index (χ1n) is 4.69. The van der Waals surface area contributed by atoms with Gasteiger partial charge in [0.25, 0.3) is 0 Å². The van der Waals surface area contributed by atoms with Crippen LogP contribution in [0.3, 0.4) is 0 Å². The molecule has 0 aromatic rings. The summed E-state index contributed by atoms with van der Waals surface area (Å²) >= 11 is 0. The molecule has 5 heteroatoms. The van der Waals surface area contributed by atoms with E-state index in [-0.39, 0.29) is 5.41 Å². The smallest absolute Gasteiger partial charge is 0.311 e. The first-order chi connectivity index (χ1) is 7.01. The van der Waals surface area contributed by atoms with Gasteiger partial charge in [-0.1, -0.05) is 13.8 Å². The Labute approximate surface area is 88.3 Å². The lowest BCUT2D eigenvalue weighted by Gasteiger charge is -1.98. The van der Waals surface area contributed by atoms with E-state index in [4.69, 9.17) is 15.2 Å². The van der Waals surface area contributed by atoms with E-state index in [1.165, 1.54) is 0 Å². The maximum Gasteiger partial charge on any atom is 0.311 e. The first kappa shape index (κ1) is 11.5. The van der Waals surface area contributed by atoms with Crippen molar-refractivity contribution in [2.45, 2.75) is 20.3 Å². The van der Waals surface area contributed by atoms with Crippen LogP contribution in [0.5, 0.6) is 0 Å². The number of nitrogens with one attached hydrogen (secondary N) is 1. The van der Waals surface area contributed by atoms with Crippen molar-refractivity contribution in [3.05, 3.63) is 11.8 Å². The van der Waals surface area contributed by atoms with Crippen molar-refractivity contribution < 1.29 is 14.7 Å². The normalized spacial score (nSPS) is 24.6. The van der Waals surface area contributed by atoms with Crippen molar-refractivity contribution in [1.82, 2.24) is 5.48 Å². The van der Waals surface area contributed by atoms with E-state index < -0.39 is 11.9 Å². The summed E-state index contributed by atoms with van der Waals surface area (Å²) in [6, 6.07) is 1.93. The van der Waals surface area contributed by atoms with Gasteiger partial charge in [0, 0.05) is 11.6 Å².